The van der Waals surface area contributed by atoms with Gasteiger partial charge in [0.05, 0.1) is 5.75 Å². The van der Waals surface area contributed by atoms with Crippen LogP contribution in [0.5, 0.6) is 0 Å². The molecular weight excluding hydrogens is 146 g/mol. The Bertz CT molecular complexity index is 147. The van der Waals surface area contributed by atoms with Crippen molar-refractivity contribution >= 4 is 17.7 Å². The third kappa shape index (κ3) is 1.77. The van der Waals surface area contributed by atoms with Crippen molar-refractivity contribution in [3.8, 4) is 0 Å². The largest absolute Gasteiger partial charge is 0.337 e. The van der Waals surface area contributed by atoms with Crippen LogP contribution in [0.3, 0.4) is 0 Å². The third-order valence-corrected chi connectivity index (χ3v) is 2.36. The molecule has 1 amide bonds. The Morgan fingerprint density at radius 1 is 1.80 bits per heavy atom. The average molecular weight is 157 g/mol. The minimum absolute atomic E-state index is 0.246. The van der Waals surface area contributed by atoms with E-state index >= 15 is 0 Å². The summed E-state index contributed by atoms with van der Waals surface area (Å²) in [5.41, 5.74) is 0. The second kappa shape index (κ2) is 3.66. The predicted octanol–water partition coefficient (Wildman–Crippen LogP) is 0.748. The van der Waals surface area contributed by atoms with Gasteiger partial charge >= 0.3 is 0 Å². The summed E-state index contributed by atoms with van der Waals surface area (Å²) in [7, 11) is 0. The van der Waals surface area contributed by atoms with E-state index in [9.17, 15) is 4.79 Å². The molecule has 0 aromatic carbocycles. The Kier molecular flexibility index (Phi) is 2.81. The van der Waals surface area contributed by atoms with Crippen molar-refractivity contribution in [2.24, 2.45) is 0 Å². The van der Waals surface area contributed by atoms with E-state index in [0.717, 1.165) is 12.3 Å². The molecule has 1 heterocycles. The molecule has 2 nitrogen and oxygen atoms in total. The molecule has 0 saturated carbocycles. The van der Waals surface area contributed by atoms with Crippen LogP contribution in [0, 0.1) is 0 Å². The molecule has 56 valence electrons. The van der Waals surface area contributed by atoms with Gasteiger partial charge in [-0.3, -0.25) is 4.79 Å². The number of carbonyl (C=O) groups is 1. The lowest BCUT2D eigenvalue weighted by Gasteiger charge is -2.24. The Morgan fingerprint density at radius 2 is 2.60 bits per heavy atom. The molecule has 0 bridgehead atoms. The van der Waals surface area contributed by atoms with Gasteiger partial charge in [-0.05, 0) is 0 Å². The van der Waals surface area contributed by atoms with Crippen molar-refractivity contribution in [1.82, 2.24) is 4.90 Å². The molecule has 0 N–H and O–H groups in total. The van der Waals surface area contributed by atoms with E-state index < -0.39 is 0 Å². The highest BCUT2D eigenvalue weighted by Crippen LogP contribution is 2.09. The van der Waals surface area contributed by atoms with Crippen LogP contribution in [0.25, 0.3) is 0 Å². The summed E-state index contributed by atoms with van der Waals surface area (Å²) in [6.45, 7) is 5.18. The summed E-state index contributed by atoms with van der Waals surface area (Å²) in [4.78, 5) is 12.9. The molecule has 0 radical (unpaired) electrons. The third-order valence-electron chi connectivity index (χ3n) is 1.43. The van der Waals surface area contributed by atoms with Crippen LogP contribution in [0.15, 0.2) is 12.7 Å². The predicted molar refractivity (Wildman–Crippen MR) is 44.1 cm³/mol. The molecule has 10 heavy (non-hydrogen) atoms. The summed E-state index contributed by atoms with van der Waals surface area (Å²) in [5, 5.41) is 0. The second-order valence-electron chi connectivity index (χ2n) is 2.18. The van der Waals surface area contributed by atoms with Crippen LogP contribution in [0.1, 0.15) is 0 Å². The van der Waals surface area contributed by atoms with Crippen molar-refractivity contribution in [1.29, 1.82) is 0 Å². The minimum Gasteiger partial charge on any atom is -0.337 e. The van der Waals surface area contributed by atoms with Gasteiger partial charge in [0.15, 0.2) is 0 Å². The van der Waals surface area contributed by atoms with Crippen LogP contribution < -0.4 is 0 Å². The molecule has 1 aliphatic heterocycles. The Balaban J connectivity index is 2.39. The van der Waals surface area contributed by atoms with Gasteiger partial charge in [0.25, 0.3) is 0 Å². The molecule has 0 spiro atoms. The first kappa shape index (κ1) is 7.66. The highest BCUT2D eigenvalue weighted by molar-refractivity contribution is 8.00. The summed E-state index contributed by atoms with van der Waals surface area (Å²) < 4.78 is 0. The molecule has 1 fully saturated rings. The molecule has 3 heteroatoms. The molecule has 1 rings (SSSR count). The summed E-state index contributed by atoms with van der Waals surface area (Å²) in [6, 6.07) is 0. The first-order valence-electron chi connectivity index (χ1n) is 3.31. The highest BCUT2D eigenvalue weighted by atomic mass is 32.2. The van der Waals surface area contributed by atoms with Crippen LogP contribution in [0.2, 0.25) is 0 Å². The van der Waals surface area contributed by atoms with Crippen LogP contribution in [-0.2, 0) is 4.79 Å². The molecule has 0 aromatic rings. The lowest BCUT2D eigenvalue weighted by atomic mass is 10.4. The van der Waals surface area contributed by atoms with Gasteiger partial charge in [-0.1, -0.05) is 6.08 Å². The van der Waals surface area contributed by atoms with Crippen LogP contribution in [0.4, 0.5) is 0 Å². The lowest BCUT2D eigenvalue weighted by molar-refractivity contribution is -0.127. The van der Waals surface area contributed by atoms with E-state index in [4.69, 9.17) is 0 Å². The topological polar surface area (TPSA) is 20.3 Å². The van der Waals surface area contributed by atoms with Gasteiger partial charge in [0, 0.05) is 18.8 Å². The fourth-order valence-corrected chi connectivity index (χ4v) is 1.75. The standard InChI is InChI=1S/C7H11NOS/c1-2-3-8-4-5-10-6-7(8)9/h2H,1,3-6H2. The maximum atomic E-state index is 11.0. The maximum absolute atomic E-state index is 11.0. The zero-order chi connectivity index (χ0) is 7.40. The Labute approximate surface area is 65.3 Å². The zero-order valence-electron chi connectivity index (χ0n) is 5.88. The number of amides is 1. The van der Waals surface area contributed by atoms with Gasteiger partial charge in [-0.2, -0.15) is 11.8 Å². The average Bonchev–Trinajstić information content (AvgIpc) is 1.94. The van der Waals surface area contributed by atoms with Crippen molar-refractivity contribution < 1.29 is 4.79 Å². The van der Waals surface area contributed by atoms with Gasteiger partial charge in [0.2, 0.25) is 5.91 Å². The molecule has 0 unspecified atom stereocenters. The summed E-state index contributed by atoms with van der Waals surface area (Å²) >= 11 is 1.71. The van der Waals surface area contributed by atoms with Crippen molar-refractivity contribution in [2.45, 2.75) is 0 Å². The van der Waals surface area contributed by atoms with E-state index in [0.29, 0.717) is 12.3 Å². The Hall–Kier alpha value is -0.440. The van der Waals surface area contributed by atoms with Crippen molar-refractivity contribution in [2.75, 3.05) is 24.6 Å². The van der Waals surface area contributed by atoms with Crippen LogP contribution in [-0.4, -0.2) is 35.4 Å². The number of thioether (sulfide) groups is 1. The van der Waals surface area contributed by atoms with E-state index in [2.05, 4.69) is 6.58 Å². The van der Waals surface area contributed by atoms with Crippen LogP contribution >= 0.6 is 11.8 Å². The minimum atomic E-state index is 0.246. The molecular formula is C7H11NOS. The first-order chi connectivity index (χ1) is 4.84. The van der Waals surface area contributed by atoms with Gasteiger partial charge in [-0.15, -0.1) is 6.58 Å². The van der Waals surface area contributed by atoms with Gasteiger partial charge < -0.3 is 4.90 Å². The zero-order valence-corrected chi connectivity index (χ0v) is 6.69. The second-order valence-corrected chi connectivity index (χ2v) is 3.29. The fraction of sp³-hybridized carbons (Fsp3) is 0.571. The first-order valence-corrected chi connectivity index (χ1v) is 4.46. The quantitative estimate of drug-likeness (QED) is 0.551. The van der Waals surface area contributed by atoms with E-state index in [1.807, 2.05) is 4.90 Å². The smallest absolute Gasteiger partial charge is 0.232 e. The SMILES string of the molecule is C=CCN1CCSCC1=O. The lowest BCUT2D eigenvalue weighted by Crippen LogP contribution is -2.38. The molecule has 0 atom stereocenters. The molecule has 0 aliphatic carbocycles. The fourth-order valence-electron chi connectivity index (χ4n) is 0.899. The Morgan fingerprint density at radius 3 is 3.20 bits per heavy atom. The highest BCUT2D eigenvalue weighted by Gasteiger charge is 2.15. The van der Waals surface area contributed by atoms with Crippen molar-refractivity contribution in [3.63, 3.8) is 0 Å². The summed E-state index contributed by atoms with van der Waals surface area (Å²) in [5.74, 6) is 1.96. The number of carbonyl (C=O) groups excluding carboxylic acids is 1. The van der Waals surface area contributed by atoms with Crippen molar-refractivity contribution in [3.05, 3.63) is 12.7 Å². The molecule has 1 saturated heterocycles. The van der Waals surface area contributed by atoms with E-state index in [-0.39, 0.29) is 5.91 Å². The van der Waals surface area contributed by atoms with E-state index in [1.54, 1.807) is 17.8 Å². The molecule has 0 aromatic heterocycles. The van der Waals surface area contributed by atoms with Gasteiger partial charge in [0.1, 0.15) is 0 Å². The normalized spacial score (nSPS) is 19.2. The number of hydrogen-bond donors (Lipinski definition) is 0. The van der Waals surface area contributed by atoms with Gasteiger partial charge in [-0.25, -0.2) is 0 Å². The number of nitrogens with zero attached hydrogens (tertiary/aromatic N) is 1. The summed E-state index contributed by atoms with van der Waals surface area (Å²) in [6.07, 6.45) is 1.77. The molecule has 1 aliphatic rings. The monoisotopic (exact) mass is 157 g/mol. The van der Waals surface area contributed by atoms with E-state index in [1.165, 1.54) is 0 Å². The number of rotatable bonds is 2. The maximum Gasteiger partial charge on any atom is 0.232 e. The number of hydrogen-bond acceptors (Lipinski definition) is 2.